The van der Waals surface area contributed by atoms with Gasteiger partial charge in [-0.05, 0) is 48.9 Å². The predicted molar refractivity (Wildman–Crippen MR) is 110 cm³/mol. The Morgan fingerprint density at radius 1 is 1.13 bits per heavy atom. The summed E-state index contributed by atoms with van der Waals surface area (Å²) in [6, 6.07) is 12.4. The molecule has 1 unspecified atom stereocenters. The summed E-state index contributed by atoms with van der Waals surface area (Å²) in [5.74, 6) is -1.86. The van der Waals surface area contributed by atoms with E-state index in [1.807, 2.05) is 18.2 Å². The molecule has 0 radical (unpaired) electrons. The normalized spacial score (nSPS) is 16.9. The molecular weight excluding hydrogens is 410 g/mol. The number of nitrogens with one attached hydrogen (secondary N) is 1. The third kappa shape index (κ3) is 5.23. The zero-order chi connectivity index (χ0) is 21.7. The molecule has 1 atom stereocenters. The van der Waals surface area contributed by atoms with Crippen molar-refractivity contribution in [1.82, 2.24) is 9.62 Å². The molecule has 0 saturated carbocycles. The summed E-state index contributed by atoms with van der Waals surface area (Å²) < 4.78 is 53.7. The van der Waals surface area contributed by atoms with Gasteiger partial charge in [-0.25, -0.2) is 17.2 Å². The number of piperidine rings is 1. The first-order valence-electron chi connectivity index (χ1n) is 10.1. The minimum absolute atomic E-state index is 0.0933. The molecule has 162 valence electrons. The summed E-state index contributed by atoms with van der Waals surface area (Å²) in [5, 5.41) is 2.94. The van der Waals surface area contributed by atoms with Crippen LogP contribution in [0.4, 0.5) is 8.78 Å². The number of hydrogen-bond donors (Lipinski definition) is 1. The highest BCUT2D eigenvalue weighted by Gasteiger charge is 2.33. The number of amides is 1. The first-order chi connectivity index (χ1) is 14.3. The molecule has 5 nitrogen and oxygen atoms in total. The highest BCUT2D eigenvalue weighted by molar-refractivity contribution is 7.89. The average Bonchev–Trinajstić information content (AvgIpc) is 2.76. The molecule has 0 spiro atoms. The number of carbonyl (C=O) groups is 1. The smallest absolute Gasteiger partial charge is 0.246 e. The van der Waals surface area contributed by atoms with Gasteiger partial charge in [-0.1, -0.05) is 37.3 Å². The number of rotatable bonds is 7. The van der Waals surface area contributed by atoms with E-state index < -0.39 is 26.6 Å². The molecule has 1 N–H and O–H groups in total. The number of halogens is 2. The van der Waals surface area contributed by atoms with E-state index in [0.29, 0.717) is 31.4 Å². The Labute approximate surface area is 176 Å². The maximum atomic E-state index is 13.9. The molecule has 0 aliphatic carbocycles. The lowest BCUT2D eigenvalue weighted by Crippen LogP contribution is -2.43. The monoisotopic (exact) mass is 436 g/mol. The molecule has 2 aromatic carbocycles. The largest absolute Gasteiger partial charge is 0.356 e. The highest BCUT2D eigenvalue weighted by Crippen LogP contribution is 2.26. The van der Waals surface area contributed by atoms with Gasteiger partial charge in [0.25, 0.3) is 0 Å². The molecule has 0 bridgehead atoms. The van der Waals surface area contributed by atoms with Crippen LogP contribution >= 0.6 is 0 Å². The van der Waals surface area contributed by atoms with Crippen molar-refractivity contribution in [2.45, 2.75) is 37.0 Å². The maximum absolute atomic E-state index is 13.9. The Hall–Kier alpha value is -2.32. The van der Waals surface area contributed by atoms with Gasteiger partial charge in [-0.3, -0.25) is 4.79 Å². The zero-order valence-electron chi connectivity index (χ0n) is 16.9. The molecule has 1 aliphatic heterocycles. The van der Waals surface area contributed by atoms with E-state index in [1.54, 1.807) is 0 Å². The van der Waals surface area contributed by atoms with Gasteiger partial charge in [0.15, 0.2) is 0 Å². The first kappa shape index (κ1) is 22.4. The van der Waals surface area contributed by atoms with Crippen molar-refractivity contribution in [3.63, 3.8) is 0 Å². The molecule has 1 amide bonds. The van der Waals surface area contributed by atoms with Crippen molar-refractivity contribution in [3.8, 4) is 0 Å². The molecule has 2 aromatic rings. The number of benzene rings is 2. The Morgan fingerprint density at radius 2 is 1.80 bits per heavy atom. The van der Waals surface area contributed by atoms with Crippen LogP contribution in [-0.2, 0) is 14.8 Å². The quantitative estimate of drug-likeness (QED) is 0.720. The SMILES string of the molecule is CC(CCNC(=O)C1CCN(S(=O)(=O)c2cc(F)ccc2F)CC1)c1ccccc1. The lowest BCUT2D eigenvalue weighted by molar-refractivity contribution is -0.126. The Bertz CT molecular complexity index is 975. The molecule has 1 saturated heterocycles. The van der Waals surface area contributed by atoms with Gasteiger partial charge >= 0.3 is 0 Å². The van der Waals surface area contributed by atoms with E-state index in [0.717, 1.165) is 22.9 Å². The fourth-order valence-corrected chi connectivity index (χ4v) is 5.22. The second-order valence-corrected chi connectivity index (χ2v) is 9.55. The van der Waals surface area contributed by atoms with E-state index in [9.17, 15) is 22.0 Å². The van der Waals surface area contributed by atoms with Crippen molar-refractivity contribution in [1.29, 1.82) is 0 Å². The zero-order valence-corrected chi connectivity index (χ0v) is 17.7. The molecule has 3 rings (SSSR count). The summed E-state index contributed by atoms with van der Waals surface area (Å²) >= 11 is 0. The third-order valence-corrected chi connectivity index (χ3v) is 7.49. The number of nitrogens with zero attached hydrogens (tertiary/aromatic N) is 1. The van der Waals surface area contributed by atoms with E-state index in [2.05, 4.69) is 24.4 Å². The summed E-state index contributed by atoms with van der Waals surface area (Å²) in [4.78, 5) is 11.8. The number of carbonyl (C=O) groups excluding carboxylic acids is 1. The highest BCUT2D eigenvalue weighted by atomic mass is 32.2. The predicted octanol–water partition coefficient (Wildman–Crippen LogP) is 3.68. The van der Waals surface area contributed by atoms with Crippen molar-refractivity contribution in [3.05, 3.63) is 65.7 Å². The van der Waals surface area contributed by atoms with Gasteiger partial charge in [0.05, 0.1) is 0 Å². The van der Waals surface area contributed by atoms with Gasteiger partial charge < -0.3 is 5.32 Å². The van der Waals surface area contributed by atoms with Crippen LogP contribution in [0.3, 0.4) is 0 Å². The minimum atomic E-state index is -4.14. The Morgan fingerprint density at radius 3 is 2.47 bits per heavy atom. The van der Waals surface area contributed by atoms with Crippen LogP contribution < -0.4 is 5.32 Å². The third-order valence-electron chi connectivity index (χ3n) is 5.58. The average molecular weight is 437 g/mol. The summed E-state index contributed by atoms with van der Waals surface area (Å²) in [6.45, 7) is 2.84. The molecule has 1 fully saturated rings. The van der Waals surface area contributed by atoms with Crippen LogP contribution in [-0.4, -0.2) is 38.3 Å². The van der Waals surface area contributed by atoms with Crippen LogP contribution in [0.25, 0.3) is 0 Å². The molecule has 0 aromatic heterocycles. The van der Waals surface area contributed by atoms with Crippen molar-refractivity contribution < 1.29 is 22.0 Å². The van der Waals surface area contributed by atoms with Crippen molar-refractivity contribution >= 4 is 15.9 Å². The first-order valence-corrected chi connectivity index (χ1v) is 11.5. The molecule has 1 aliphatic rings. The second kappa shape index (κ2) is 9.66. The van der Waals surface area contributed by atoms with Gasteiger partial charge in [-0.2, -0.15) is 4.31 Å². The lowest BCUT2D eigenvalue weighted by Gasteiger charge is -2.30. The molecule has 1 heterocycles. The van der Waals surface area contributed by atoms with E-state index in [1.165, 1.54) is 5.56 Å². The summed E-state index contributed by atoms with van der Waals surface area (Å²) in [6.07, 6.45) is 1.49. The lowest BCUT2D eigenvalue weighted by atomic mass is 9.96. The standard InChI is InChI=1S/C22H26F2N2O3S/c1-16(17-5-3-2-4-6-17)9-12-25-22(27)18-10-13-26(14-11-18)30(28,29)21-15-19(23)7-8-20(21)24/h2-8,15-16,18H,9-14H2,1H3,(H,25,27). The summed E-state index contributed by atoms with van der Waals surface area (Å²) in [7, 11) is -4.14. The Balaban J connectivity index is 1.50. The topological polar surface area (TPSA) is 66.5 Å². The van der Waals surface area contributed by atoms with Crippen molar-refractivity contribution in [2.24, 2.45) is 5.92 Å². The van der Waals surface area contributed by atoms with Crippen molar-refractivity contribution in [2.75, 3.05) is 19.6 Å². The van der Waals surface area contributed by atoms with E-state index >= 15 is 0 Å². The van der Waals surface area contributed by atoms with E-state index in [-0.39, 0.29) is 24.9 Å². The maximum Gasteiger partial charge on any atom is 0.246 e. The minimum Gasteiger partial charge on any atom is -0.356 e. The van der Waals surface area contributed by atoms with Gasteiger partial charge in [0.2, 0.25) is 15.9 Å². The Kier molecular flexibility index (Phi) is 7.20. The second-order valence-electron chi connectivity index (χ2n) is 7.64. The molecule has 8 heteroatoms. The van der Waals surface area contributed by atoms with Crippen LogP contribution in [0, 0.1) is 17.6 Å². The van der Waals surface area contributed by atoms with Gasteiger partial charge in [-0.15, -0.1) is 0 Å². The molecular formula is C22H26F2N2O3S. The summed E-state index contributed by atoms with van der Waals surface area (Å²) in [5.41, 5.74) is 1.22. The number of sulfonamides is 1. The van der Waals surface area contributed by atoms with Crippen LogP contribution in [0.2, 0.25) is 0 Å². The van der Waals surface area contributed by atoms with Gasteiger partial charge in [0, 0.05) is 25.6 Å². The van der Waals surface area contributed by atoms with Crippen LogP contribution in [0.1, 0.15) is 37.7 Å². The number of hydrogen-bond acceptors (Lipinski definition) is 3. The van der Waals surface area contributed by atoms with Crippen LogP contribution in [0.5, 0.6) is 0 Å². The fourth-order valence-electron chi connectivity index (χ4n) is 3.68. The van der Waals surface area contributed by atoms with Crippen LogP contribution in [0.15, 0.2) is 53.4 Å². The fraction of sp³-hybridized carbons (Fsp3) is 0.409. The molecule has 30 heavy (non-hydrogen) atoms. The van der Waals surface area contributed by atoms with E-state index in [4.69, 9.17) is 0 Å². The van der Waals surface area contributed by atoms with Gasteiger partial charge in [0.1, 0.15) is 16.5 Å².